The summed E-state index contributed by atoms with van der Waals surface area (Å²) in [4.78, 5) is 46.3. The molecule has 0 saturated heterocycles. The van der Waals surface area contributed by atoms with Crippen molar-refractivity contribution in [1.29, 1.82) is 5.26 Å². The number of allylic oxidation sites excluding steroid dienone is 1. The van der Waals surface area contributed by atoms with Gasteiger partial charge < -0.3 is 9.72 Å². The maximum atomic E-state index is 12.5. The lowest BCUT2D eigenvalue weighted by atomic mass is 10.1. The Morgan fingerprint density at radius 3 is 2.89 bits per heavy atom. The van der Waals surface area contributed by atoms with Crippen LogP contribution in [0.15, 0.2) is 52.8 Å². The van der Waals surface area contributed by atoms with Gasteiger partial charge in [0.2, 0.25) is 0 Å². The number of hydrogen-bond acceptors (Lipinski definition) is 9. The fraction of sp³-hybridized carbons (Fsp3) is 0.0870. The van der Waals surface area contributed by atoms with Crippen LogP contribution in [-0.4, -0.2) is 32.4 Å². The molecule has 2 aromatic carbocycles. The van der Waals surface area contributed by atoms with Gasteiger partial charge in [0.15, 0.2) is 17.6 Å². The average molecular weight is 488 g/mol. The van der Waals surface area contributed by atoms with Crippen molar-refractivity contribution in [3.05, 3.63) is 85.4 Å². The molecule has 2 N–H and O–H groups in total. The van der Waals surface area contributed by atoms with Gasteiger partial charge in [-0.25, -0.2) is 9.97 Å². The molecular formula is C23H16N6O5S. The van der Waals surface area contributed by atoms with E-state index in [2.05, 4.69) is 20.3 Å². The van der Waals surface area contributed by atoms with Crippen molar-refractivity contribution in [2.24, 2.45) is 0 Å². The first kappa shape index (κ1) is 23.3. The van der Waals surface area contributed by atoms with Gasteiger partial charge in [-0.2, -0.15) is 5.26 Å². The minimum Gasteiger partial charge on any atom is -0.483 e. The molecule has 12 heteroatoms. The standard InChI is InChI=1S/C23H16N6O5S/c1-13-2-4-17-18(8-13)26-21(28-22(17)31)15(11-24)9-14-10-16(29(32)33)3-5-19(14)34-12-20(30)27-23-25-6-7-35-23/h2-10H,12H2,1H3,(H,25,27,30)(H,26,28,31). The van der Waals surface area contributed by atoms with Crippen LogP contribution in [0.25, 0.3) is 22.6 Å². The molecule has 174 valence electrons. The number of anilines is 1. The Morgan fingerprint density at radius 2 is 2.17 bits per heavy atom. The van der Waals surface area contributed by atoms with Crippen LogP contribution in [0.3, 0.4) is 0 Å². The van der Waals surface area contributed by atoms with E-state index in [0.717, 1.165) is 5.56 Å². The summed E-state index contributed by atoms with van der Waals surface area (Å²) in [6.45, 7) is 1.45. The highest BCUT2D eigenvalue weighted by Gasteiger charge is 2.15. The predicted octanol–water partition coefficient (Wildman–Crippen LogP) is 3.68. The summed E-state index contributed by atoms with van der Waals surface area (Å²) in [7, 11) is 0. The number of hydrogen-bond donors (Lipinski definition) is 2. The molecule has 4 aromatic rings. The van der Waals surface area contributed by atoms with Crippen LogP contribution in [0, 0.1) is 28.4 Å². The molecule has 0 aliphatic rings. The van der Waals surface area contributed by atoms with Crippen molar-refractivity contribution in [1.82, 2.24) is 15.0 Å². The number of H-pyrrole nitrogens is 1. The smallest absolute Gasteiger partial charge is 0.270 e. The van der Waals surface area contributed by atoms with Gasteiger partial charge in [-0.1, -0.05) is 6.07 Å². The normalized spacial score (nSPS) is 11.1. The Hall–Kier alpha value is -4.89. The molecule has 0 unspecified atom stereocenters. The predicted molar refractivity (Wildman–Crippen MR) is 130 cm³/mol. The number of nitro benzene ring substituents is 1. The van der Waals surface area contributed by atoms with Crippen molar-refractivity contribution in [2.75, 3.05) is 11.9 Å². The molecule has 0 spiro atoms. The molecule has 11 nitrogen and oxygen atoms in total. The second-order valence-corrected chi connectivity index (χ2v) is 8.15. The summed E-state index contributed by atoms with van der Waals surface area (Å²) in [5.41, 5.74) is 0.714. The summed E-state index contributed by atoms with van der Waals surface area (Å²) in [5.74, 6) is -0.365. The van der Waals surface area contributed by atoms with E-state index in [-0.39, 0.29) is 28.4 Å². The highest BCUT2D eigenvalue weighted by molar-refractivity contribution is 7.13. The number of nitro groups is 1. The monoisotopic (exact) mass is 488 g/mol. The number of carbonyl (C=O) groups excluding carboxylic acids is 1. The minimum atomic E-state index is -0.596. The topological polar surface area (TPSA) is 164 Å². The molecule has 1 amide bonds. The zero-order chi connectivity index (χ0) is 24.9. The third-order valence-corrected chi connectivity index (χ3v) is 5.47. The Labute approximate surface area is 201 Å². The van der Waals surface area contributed by atoms with Crippen molar-refractivity contribution < 1.29 is 14.5 Å². The lowest BCUT2D eigenvalue weighted by Gasteiger charge is -2.10. The Bertz CT molecular complexity index is 1570. The van der Waals surface area contributed by atoms with E-state index in [1.807, 2.05) is 13.0 Å². The molecule has 0 atom stereocenters. The molecule has 2 heterocycles. The highest BCUT2D eigenvalue weighted by atomic mass is 32.1. The Kier molecular flexibility index (Phi) is 6.61. The number of aromatic nitrogens is 3. The van der Waals surface area contributed by atoms with Crippen molar-refractivity contribution in [2.45, 2.75) is 6.92 Å². The van der Waals surface area contributed by atoms with Crippen LogP contribution in [0.2, 0.25) is 0 Å². The number of rotatable bonds is 7. The third kappa shape index (κ3) is 5.37. The number of aromatic amines is 1. The summed E-state index contributed by atoms with van der Waals surface area (Å²) >= 11 is 1.24. The van der Waals surface area contributed by atoms with Gasteiger partial charge in [-0.15, -0.1) is 11.3 Å². The van der Waals surface area contributed by atoms with Gasteiger partial charge >= 0.3 is 0 Å². The number of aryl methyl sites for hydroxylation is 1. The number of nitrogens with one attached hydrogen (secondary N) is 2. The fourth-order valence-electron chi connectivity index (χ4n) is 3.16. The first-order valence-electron chi connectivity index (χ1n) is 10.1. The lowest BCUT2D eigenvalue weighted by molar-refractivity contribution is -0.384. The second-order valence-electron chi connectivity index (χ2n) is 7.26. The number of amides is 1. The van der Waals surface area contributed by atoms with Crippen molar-refractivity contribution in [3.8, 4) is 11.8 Å². The number of fused-ring (bicyclic) bond motifs is 1. The molecule has 2 aromatic heterocycles. The largest absolute Gasteiger partial charge is 0.483 e. The fourth-order valence-corrected chi connectivity index (χ4v) is 3.71. The van der Waals surface area contributed by atoms with Gasteiger partial charge in [-0.05, 0) is 36.8 Å². The van der Waals surface area contributed by atoms with E-state index in [1.165, 1.54) is 41.8 Å². The molecule has 0 saturated carbocycles. The maximum absolute atomic E-state index is 12.5. The Balaban J connectivity index is 1.70. The number of carbonyl (C=O) groups is 1. The highest BCUT2D eigenvalue weighted by Crippen LogP contribution is 2.28. The maximum Gasteiger partial charge on any atom is 0.270 e. The van der Waals surface area contributed by atoms with Crippen LogP contribution >= 0.6 is 11.3 Å². The van der Waals surface area contributed by atoms with E-state index < -0.39 is 23.0 Å². The van der Waals surface area contributed by atoms with Crippen LogP contribution < -0.4 is 15.6 Å². The SMILES string of the molecule is Cc1ccc2c(=O)[nH]c(C(C#N)=Cc3cc([N+](=O)[O-])ccc3OCC(=O)Nc3nccs3)nc2c1. The van der Waals surface area contributed by atoms with Gasteiger partial charge in [-0.3, -0.25) is 25.0 Å². The van der Waals surface area contributed by atoms with E-state index in [9.17, 15) is 25.0 Å². The van der Waals surface area contributed by atoms with E-state index >= 15 is 0 Å². The van der Waals surface area contributed by atoms with Crippen molar-refractivity contribution in [3.63, 3.8) is 0 Å². The average Bonchev–Trinajstić information content (AvgIpc) is 3.34. The minimum absolute atomic E-state index is 0.00503. The zero-order valence-corrected chi connectivity index (χ0v) is 19.0. The quantitative estimate of drug-likeness (QED) is 0.226. The Morgan fingerprint density at radius 1 is 1.34 bits per heavy atom. The summed E-state index contributed by atoms with van der Waals surface area (Å²) < 4.78 is 5.57. The molecule has 0 aliphatic carbocycles. The van der Waals surface area contributed by atoms with E-state index in [4.69, 9.17) is 4.74 Å². The molecule has 0 fully saturated rings. The molecule has 0 radical (unpaired) electrons. The number of non-ortho nitro benzene ring substituents is 1. The first-order chi connectivity index (χ1) is 16.8. The number of nitrogens with zero attached hydrogens (tertiary/aromatic N) is 4. The van der Waals surface area contributed by atoms with Crippen LogP contribution in [0.1, 0.15) is 17.0 Å². The third-order valence-electron chi connectivity index (χ3n) is 4.78. The van der Waals surface area contributed by atoms with Gasteiger partial charge in [0, 0.05) is 29.3 Å². The van der Waals surface area contributed by atoms with Crippen molar-refractivity contribution >= 4 is 50.6 Å². The summed E-state index contributed by atoms with van der Waals surface area (Å²) in [5, 5.41) is 26.1. The lowest BCUT2D eigenvalue weighted by Crippen LogP contribution is -2.20. The van der Waals surface area contributed by atoms with Gasteiger partial charge in [0.1, 0.15) is 11.8 Å². The molecule has 0 aliphatic heterocycles. The first-order valence-corrected chi connectivity index (χ1v) is 11.0. The molecule has 0 bridgehead atoms. The molecule has 35 heavy (non-hydrogen) atoms. The molecule has 4 rings (SSSR count). The summed E-state index contributed by atoms with van der Waals surface area (Å²) in [6.07, 6.45) is 2.84. The number of nitriles is 1. The number of ether oxygens (including phenoxy) is 1. The second kappa shape index (κ2) is 9.94. The molecular weight excluding hydrogens is 472 g/mol. The van der Waals surface area contributed by atoms with E-state index in [0.29, 0.717) is 16.0 Å². The number of benzene rings is 2. The van der Waals surface area contributed by atoms with Crippen LogP contribution in [-0.2, 0) is 4.79 Å². The van der Waals surface area contributed by atoms with E-state index in [1.54, 1.807) is 23.6 Å². The van der Waals surface area contributed by atoms with Crippen LogP contribution in [0.4, 0.5) is 10.8 Å². The van der Waals surface area contributed by atoms with Gasteiger partial charge in [0.05, 0.1) is 21.4 Å². The van der Waals surface area contributed by atoms with Gasteiger partial charge in [0.25, 0.3) is 17.2 Å². The number of thiazole rings is 1. The van der Waals surface area contributed by atoms with Crippen LogP contribution in [0.5, 0.6) is 5.75 Å². The zero-order valence-electron chi connectivity index (χ0n) is 18.1. The summed E-state index contributed by atoms with van der Waals surface area (Å²) in [6, 6.07) is 10.8.